The summed E-state index contributed by atoms with van der Waals surface area (Å²) < 4.78 is 0. The molecule has 0 fully saturated rings. The lowest BCUT2D eigenvalue weighted by molar-refractivity contribution is -0.385. The van der Waals surface area contributed by atoms with Crippen LogP contribution in [0.15, 0.2) is 24.3 Å². The number of nitrogens with zero attached hydrogens (tertiary/aromatic N) is 2. The summed E-state index contributed by atoms with van der Waals surface area (Å²) in [6.07, 6.45) is 0. The second kappa shape index (κ2) is 5.90. The first-order valence-electron chi connectivity index (χ1n) is 5.94. The van der Waals surface area contributed by atoms with Gasteiger partial charge in [-0.15, -0.1) is 11.3 Å². The van der Waals surface area contributed by atoms with E-state index >= 15 is 0 Å². The van der Waals surface area contributed by atoms with Gasteiger partial charge in [0.2, 0.25) is 0 Å². The predicted molar refractivity (Wildman–Crippen MR) is 75.2 cm³/mol. The van der Waals surface area contributed by atoms with E-state index in [4.69, 9.17) is 0 Å². The molecule has 1 aromatic carbocycles. The average Bonchev–Trinajstić information content (AvgIpc) is 2.69. The Morgan fingerprint density at radius 2 is 2.05 bits per heavy atom. The minimum atomic E-state index is -0.352. The molecule has 1 heterocycles. The molecule has 0 saturated carbocycles. The Morgan fingerprint density at radius 3 is 2.68 bits per heavy atom. The summed E-state index contributed by atoms with van der Waals surface area (Å²) in [4.78, 5) is 16.1. The molecule has 2 rings (SSSR count). The van der Waals surface area contributed by atoms with Crippen LogP contribution in [0.1, 0.15) is 21.1 Å². The number of hydrogen-bond acceptors (Lipinski definition) is 5. The van der Waals surface area contributed by atoms with E-state index in [2.05, 4.69) is 10.3 Å². The van der Waals surface area contributed by atoms with Gasteiger partial charge < -0.3 is 5.32 Å². The summed E-state index contributed by atoms with van der Waals surface area (Å²) in [7, 11) is 0. The van der Waals surface area contributed by atoms with Crippen LogP contribution in [0.25, 0.3) is 0 Å². The first kappa shape index (κ1) is 13.6. The van der Waals surface area contributed by atoms with Crippen molar-refractivity contribution in [3.8, 4) is 0 Å². The van der Waals surface area contributed by atoms with E-state index in [0.717, 1.165) is 10.7 Å². The number of nitro benzene ring substituents is 1. The third-order valence-corrected chi connectivity index (χ3v) is 3.93. The third kappa shape index (κ3) is 3.36. The molecule has 0 aliphatic heterocycles. The van der Waals surface area contributed by atoms with E-state index in [0.29, 0.717) is 18.7 Å². The Kier molecular flexibility index (Phi) is 4.24. The van der Waals surface area contributed by atoms with Gasteiger partial charge in [-0.3, -0.25) is 10.1 Å². The van der Waals surface area contributed by atoms with Crippen LogP contribution in [0, 0.1) is 24.0 Å². The first-order chi connectivity index (χ1) is 9.08. The van der Waals surface area contributed by atoms with E-state index in [9.17, 15) is 10.1 Å². The van der Waals surface area contributed by atoms with Crippen LogP contribution in [0.5, 0.6) is 0 Å². The topological polar surface area (TPSA) is 68.1 Å². The van der Waals surface area contributed by atoms with Gasteiger partial charge in [-0.25, -0.2) is 4.98 Å². The second-order valence-electron chi connectivity index (χ2n) is 4.24. The monoisotopic (exact) mass is 277 g/mol. The van der Waals surface area contributed by atoms with Crippen molar-refractivity contribution in [1.29, 1.82) is 0 Å². The average molecular weight is 277 g/mol. The molecule has 0 aliphatic rings. The number of aryl methyl sites for hydroxylation is 2. The highest BCUT2D eigenvalue weighted by atomic mass is 32.1. The van der Waals surface area contributed by atoms with Crippen LogP contribution in [-0.4, -0.2) is 9.91 Å². The van der Waals surface area contributed by atoms with E-state index in [-0.39, 0.29) is 10.6 Å². The molecule has 0 radical (unpaired) electrons. The van der Waals surface area contributed by atoms with Gasteiger partial charge in [0.15, 0.2) is 0 Å². The maximum Gasteiger partial charge on any atom is 0.273 e. The maximum absolute atomic E-state index is 10.9. The Morgan fingerprint density at radius 1 is 1.32 bits per heavy atom. The summed E-state index contributed by atoms with van der Waals surface area (Å²) in [5.41, 5.74) is 1.89. The lowest BCUT2D eigenvalue weighted by Crippen LogP contribution is -2.13. The number of thiazole rings is 1. The number of benzene rings is 1. The van der Waals surface area contributed by atoms with Crippen LogP contribution in [0.3, 0.4) is 0 Å². The van der Waals surface area contributed by atoms with E-state index in [1.807, 2.05) is 19.9 Å². The molecule has 0 bridgehead atoms. The van der Waals surface area contributed by atoms with Crippen molar-refractivity contribution >= 4 is 17.0 Å². The van der Waals surface area contributed by atoms with Gasteiger partial charge in [-0.1, -0.05) is 18.2 Å². The van der Waals surface area contributed by atoms with Crippen molar-refractivity contribution in [1.82, 2.24) is 10.3 Å². The summed E-state index contributed by atoms with van der Waals surface area (Å²) >= 11 is 1.65. The van der Waals surface area contributed by atoms with Crippen LogP contribution >= 0.6 is 11.3 Å². The highest BCUT2D eigenvalue weighted by Gasteiger charge is 2.11. The van der Waals surface area contributed by atoms with Crippen molar-refractivity contribution in [3.05, 3.63) is 55.5 Å². The van der Waals surface area contributed by atoms with Gasteiger partial charge in [0.25, 0.3) is 5.69 Å². The maximum atomic E-state index is 10.9. The molecule has 1 aromatic heterocycles. The van der Waals surface area contributed by atoms with E-state index < -0.39 is 0 Å². The molecule has 0 spiro atoms. The summed E-state index contributed by atoms with van der Waals surface area (Å²) in [5.74, 6) is 0. The molecule has 0 aliphatic carbocycles. The van der Waals surface area contributed by atoms with Crippen LogP contribution in [0.4, 0.5) is 5.69 Å². The second-order valence-corrected chi connectivity index (χ2v) is 5.53. The Hall–Kier alpha value is -1.79. The molecule has 0 saturated heterocycles. The number of para-hydroxylation sites is 1. The van der Waals surface area contributed by atoms with Gasteiger partial charge in [0, 0.05) is 29.6 Å². The molecule has 6 heteroatoms. The van der Waals surface area contributed by atoms with Crippen molar-refractivity contribution in [2.24, 2.45) is 0 Å². The molecule has 1 N–H and O–H groups in total. The lowest BCUT2D eigenvalue weighted by Gasteiger charge is -2.03. The molecule has 100 valence electrons. The highest BCUT2D eigenvalue weighted by molar-refractivity contribution is 7.11. The van der Waals surface area contributed by atoms with E-state index in [1.54, 1.807) is 23.5 Å². The Labute approximate surface area is 115 Å². The van der Waals surface area contributed by atoms with Crippen LogP contribution in [0.2, 0.25) is 0 Å². The van der Waals surface area contributed by atoms with Crippen LogP contribution < -0.4 is 5.32 Å². The molecule has 2 aromatic rings. The van der Waals surface area contributed by atoms with Gasteiger partial charge in [0.05, 0.1) is 10.6 Å². The highest BCUT2D eigenvalue weighted by Crippen LogP contribution is 2.18. The summed E-state index contributed by atoms with van der Waals surface area (Å²) in [6, 6.07) is 6.77. The summed E-state index contributed by atoms with van der Waals surface area (Å²) in [5, 5.41) is 15.1. The fourth-order valence-electron chi connectivity index (χ4n) is 1.76. The molecule has 0 unspecified atom stereocenters. The van der Waals surface area contributed by atoms with Gasteiger partial charge >= 0.3 is 0 Å². The Balaban J connectivity index is 1.98. The van der Waals surface area contributed by atoms with Gasteiger partial charge in [-0.05, 0) is 13.8 Å². The molecular weight excluding hydrogens is 262 g/mol. The normalized spacial score (nSPS) is 10.6. The van der Waals surface area contributed by atoms with E-state index in [1.165, 1.54) is 10.9 Å². The first-order valence-corrected chi connectivity index (χ1v) is 6.75. The SMILES string of the molecule is Cc1nc(CNCc2ccccc2[N+](=O)[O-])sc1C. The zero-order valence-electron chi connectivity index (χ0n) is 10.8. The quantitative estimate of drug-likeness (QED) is 0.674. The third-order valence-electron chi connectivity index (χ3n) is 2.85. The van der Waals surface area contributed by atoms with Crippen molar-refractivity contribution < 1.29 is 4.92 Å². The van der Waals surface area contributed by atoms with Gasteiger partial charge in [-0.2, -0.15) is 0 Å². The fourth-order valence-corrected chi connectivity index (χ4v) is 2.66. The lowest BCUT2D eigenvalue weighted by atomic mass is 10.2. The molecule has 0 amide bonds. The minimum absolute atomic E-state index is 0.154. The summed E-state index contributed by atoms with van der Waals surface area (Å²) in [6.45, 7) is 5.12. The van der Waals surface area contributed by atoms with Crippen molar-refractivity contribution in [2.75, 3.05) is 0 Å². The molecular formula is C13H15N3O2S. The fraction of sp³-hybridized carbons (Fsp3) is 0.308. The molecule has 0 atom stereocenters. The van der Waals surface area contributed by atoms with Crippen molar-refractivity contribution in [3.63, 3.8) is 0 Å². The number of aromatic nitrogens is 1. The standard InChI is InChI=1S/C13H15N3O2S/c1-9-10(2)19-13(15-9)8-14-7-11-5-3-4-6-12(11)16(17)18/h3-6,14H,7-8H2,1-2H3. The predicted octanol–water partition coefficient (Wildman–Crippen LogP) is 2.96. The van der Waals surface area contributed by atoms with Crippen molar-refractivity contribution in [2.45, 2.75) is 26.9 Å². The van der Waals surface area contributed by atoms with Crippen LogP contribution in [-0.2, 0) is 13.1 Å². The van der Waals surface area contributed by atoms with Gasteiger partial charge in [0.1, 0.15) is 5.01 Å². The molecule has 19 heavy (non-hydrogen) atoms. The zero-order valence-corrected chi connectivity index (χ0v) is 11.7. The Bertz CT molecular complexity index is 576. The number of nitro groups is 1. The largest absolute Gasteiger partial charge is 0.306 e. The number of rotatable bonds is 5. The molecule has 5 nitrogen and oxygen atoms in total. The number of nitrogens with one attached hydrogen (secondary N) is 1. The smallest absolute Gasteiger partial charge is 0.273 e. The zero-order chi connectivity index (χ0) is 13.8. The minimum Gasteiger partial charge on any atom is -0.306 e. The number of hydrogen-bond donors (Lipinski definition) is 1.